The van der Waals surface area contributed by atoms with E-state index in [0.717, 1.165) is 12.0 Å². The molecule has 0 fully saturated rings. The lowest BCUT2D eigenvalue weighted by atomic mass is 10.1. The van der Waals surface area contributed by atoms with Gasteiger partial charge in [0, 0.05) is 35.6 Å². The van der Waals surface area contributed by atoms with Crippen molar-refractivity contribution in [3.05, 3.63) is 63.7 Å². The molecule has 2 aromatic rings. The number of benzene rings is 2. The smallest absolute Gasteiger partial charge is 0.271 e. The van der Waals surface area contributed by atoms with E-state index in [2.05, 4.69) is 5.32 Å². The number of nitrogens with zero attached hydrogens (tertiary/aromatic N) is 1. The van der Waals surface area contributed by atoms with Gasteiger partial charge in [-0.1, -0.05) is 13.0 Å². The van der Waals surface area contributed by atoms with Gasteiger partial charge in [0.15, 0.2) is 0 Å². The zero-order chi connectivity index (χ0) is 18.9. The first-order valence-electron chi connectivity index (χ1n) is 8.44. The van der Waals surface area contributed by atoms with Gasteiger partial charge in [-0.25, -0.2) is 0 Å². The monoisotopic (exact) mass is 358 g/mol. The molecular formula is C19H22N2O5. The summed E-state index contributed by atoms with van der Waals surface area (Å²) in [5.74, 6) is 0.320. The number of hydrogen-bond donors (Lipinski definition) is 1. The Kier molecular flexibility index (Phi) is 7.11. The zero-order valence-electron chi connectivity index (χ0n) is 14.9. The quantitative estimate of drug-likeness (QED) is 0.413. The number of rotatable bonds is 9. The van der Waals surface area contributed by atoms with Crippen molar-refractivity contribution in [2.75, 3.05) is 18.5 Å². The normalized spacial score (nSPS) is 10.4. The summed E-state index contributed by atoms with van der Waals surface area (Å²) in [6, 6.07) is 10.9. The third-order valence-corrected chi connectivity index (χ3v) is 3.54. The van der Waals surface area contributed by atoms with Crippen molar-refractivity contribution in [1.82, 2.24) is 0 Å². The fourth-order valence-corrected chi connectivity index (χ4v) is 2.36. The van der Waals surface area contributed by atoms with E-state index in [0.29, 0.717) is 36.8 Å². The lowest BCUT2D eigenvalue weighted by Gasteiger charge is -2.13. The van der Waals surface area contributed by atoms with Gasteiger partial charge in [-0.05, 0) is 37.6 Å². The zero-order valence-corrected chi connectivity index (χ0v) is 14.9. The van der Waals surface area contributed by atoms with Gasteiger partial charge in [0.2, 0.25) is 0 Å². The van der Waals surface area contributed by atoms with Crippen LogP contribution in [0.15, 0.2) is 42.5 Å². The average Bonchev–Trinajstić information content (AvgIpc) is 2.63. The number of nitro benzene ring substituents is 1. The van der Waals surface area contributed by atoms with Gasteiger partial charge in [-0.2, -0.15) is 0 Å². The van der Waals surface area contributed by atoms with Crippen LogP contribution in [0.5, 0.6) is 5.75 Å². The molecule has 7 nitrogen and oxygen atoms in total. The number of carbonyl (C=O) groups excluding carboxylic acids is 1. The standard InChI is InChI=1S/C19H22N2O5/c1-3-10-25-13-15-11-14(8-9-18(15)26-4-2)19(22)20-16-6-5-7-17(12-16)21(23)24/h5-9,11-12H,3-4,10,13H2,1-2H3,(H,20,22). The third kappa shape index (κ3) is 5.29. The summed E-state index contributed by atoms with van der Waals surface area (Å²) in [5, 5.41) is 13.5. The number of carbonyl (C=O) groups is 1. The maximum Gasteiger partial charge on any atom is 0.271 e. The number of non-ortho nitro benzene ring substituents is 1. The van der Waals surface area contributed by atoms with Crippen LogP contribution >= 0.6 is 0 Å². The Bertz CT molecular complexity index is 776. The van der Waals surface area contributed by atoms with Crippen molar-refractivity contribution < 1.29 is 19.2 Å². The lowest BCUT2D eigenvalue weighted by molar-refractivity contribution is -0.384. The Balaban J connectivity index is 2.18. The molecule has 0 heterocycles. The third-order valence-electron chi connectivity index (χ3n) is 3.54. The van der Waals surface area contributed by atoms with Gasteiger partial charge in [0.1, 0.15) is 5.75 Å². The van der Waals surface area contributed by atoms with Crippen molar-refractivity contribution in [2.45, 2.75) is 26.9 Å². The maximum absolute atomic E-state index is 12.5. The van der Waals surface area contributed by atoms with Crippen molar-refractivity contribution in [3.8, 4) is 5.75 Å². The van der Waals surface area contributed by atoms with Crippen molar-refractivity contribution >= 4 is 17.3 Å². The highest BCUT2D eigenvalue weighted by atomic mass is 16.6. The first-order valence-corrected chi connectivity index (χ1v) is 8.44. The van der Waals surface area contributed by atoms with Crippen LogP contribution in [-0.4, -0.2) is 24.0 Å². The molecule has 0 atom stereocenters. The average molecular weight is 358 g/mol. The Labute approximate surface area is 152 Å². The summed E-state index contributed by atoms with van der Waals surface area (Å²) in [4.78, 5) is 22.8. The topological polar surface area (TPSA) is 90.7 Å². The van der Waals surface area contributed by atoms with Gasteiger partial charge < -0.3 is 14.8 Å². The second kappa shape index (κ2) is 9.53. The van der Waals surface area contributed by atoms with Crippen LogP contribution in [0.3, 0.4) is 0 Å². The van der Waals surface area contributed by atoms with Gasteiger partial charge >= 0.3 is 0 Å². The van der Waals surface area contributed by atoms with E-state index < -0.39 is 4.92 Å². The van der Waals surface area contributed by atoms with Crippen molar-refractivity contribution in [3.63, 3.8) is 0 Å². The molecule has 26 heavy (non-hydrogen) atoms. The van der Waals surface area contributed by atoms with E-state index in [-0.39, 0.29) is 11.6 Å². The second-order valence-electron chi connectivity index (χ2n) is 5.57. The molecule has 2 rings (SSSR count). The van der Waals surface area contributed by atoms with Crippen molar-refractivity contribution in [2.24, 2.45) is 0 Å². The fourth-order valence-electron chi connectivity index (χ4n) is 2.36. The minimum Gasteiger partial charge on any atom is -0.494 e. The Morgan fingerprint density at radius 3 is 2.69 bits per heavy atom. The summed E-state index contributed by atoms with van der Waals surface area (Å²) < 4.78 is 11.1. The summed E-state index contributed by atoms with van der Waals surface area (Å²) in [6.45, 7) is 5.39. The first kappa shape index (κ1) is 19.4. The van der Waals surface area contributed by atoms with Gasteiger partial charge in [0.05, 0.1) is 18.1 Å². The largest absolute Gasteiger partial charge is 0.494 e. The van der Waals surface area contributed by atoms with E-state index in [4.69, 9.17) is 9.47 Å². The number of amides is 1. The van der Waals surface area contributed by atoms with E-state index >= 15 is 0 Å². The van der Waals surface area contributed by atoms with E-state index in [1.54, 1.807) is 24.3 Å². The Morgan fingerprint density at radius 1 is 1.19 bits per heavy atom. The molecule has 2 aromatic carbocycles. The summed E-state index contributed by atoms with van der Waals surface area (Å²) in [5.41, 5.74) is 1.49. The highest BCUT2D eigenvalue weighted by Crippen LogP contribution is 2.23. The predicted octanol–water partition coefficient (Wildman–Crippen LogP) is 4.17. The molecule has 1 N–H and O–H groups in total. The van der Waals surface area contributed by atoms with Crippen LogP contribution in [0, 0.1) is 10.1 Å². The molecule has 0 spiro atoms. The molecule has 0 saturated heterocycles. The first-order chi connectivity index (χ1) is 12.5. The van der Waals surface area contributed by atoms with Crippen molar-refractivity contribution in [1.29, 1.82) is 0 Å². The summed E-state index contributed by atoms with van der Waals surface area (Å²) in [7, 11) is 0. The number of ether oxygens (including phenoxy) is 2. The molecule has 0 saturated carbocycles. The van der Waals surface area contributed by atoms with Crippen LogP contribution in [0.25, 0.3) is 0 Å². The van der Waals surface area contributed by atoms with Crippen LogP contribution in [0.2, 0.25) is 0 Å². The van der Waals surface area contributed by atoms with E-state index in [1.165, 1.54) is 18.2 Å². The minimum absolute atomic E-state index is 0.0804. The van der Waals surface area contributed by atoms with Crippen LogP contribution in [0.4, 0.5) is 11.4 Å². The molecule has 1 amide bonds. The molecule has 7 heteroatoms. The van der Waals surface area contributed by atoms with Crippen LogP contribution in [-0.2, 0) is 11.3 Å². The number of anilines is 1. The van der Waals surface area contributed by atoms with E-state index in [1.807, 2.05) is 13.8 Å². The van der Waals surface area contributed by atoms with Gasteiger partial charge in [-0.3, -0.25) is 14.9 Å². The van der Waals surface area contributed by atoms with Crippen LogP contribution in [0.1, 0.15) is 36.2 Å². The second-order valence-corrected chi connectivity index (χ2v) is 5.57. The molecule has 0 bridgehead atoms. The molecule has 138 valence electrons. The summed E-state index contributed by atoms with van der Waals surface area (Å²) >= 11 is 0. The number of nitrogens with one attached hydrogen (secondary N) is 1. The molecule has 0 aliphatic rings. The molecule has 0 radical (unpaired) electrons. The van der Waals surface area contributed by atoms with E-state index in [9.17, 15) is 14.9 Å². The molecule has 0 aromatic heterocycles. The minimum atomic E-state index is -0.504. The highest BCUT2D eigenvalue weighted by molar-refractivity contribution is 6.04. The Morgan fingerprint density at radius 2 is 2.00 bits per heavy atom. The molecular weight excluding hydrogens is 336 g/mol. The number of hydrogen-bond acceptors (Lipinski definition) is 5. The molecule has 0 aliphatic heterocycles. The fraction of sp³-hybridized carbons (Fsp3) is 0.316. The maximum atomic E-state index is 12.5. The van der Waals surface area contributed by atoms with Gasteiger partial charge in [0.25, 0.3) is 11.6 Å². The SMILES string of the molecule is CCCOCc1cc(C(=O)Nc2cccc([N+](=O)[O-])c2)ccc1OCC. The molecule has 0 aliphatic carbocycles. The highest BCUT2D eigenvalue weighted by Gasteiger charge is 2.13. The van der Waals surface area contributed by atoms with Crippen LogP contribution < -0.4 is 10.1 Å². The molecule has 0 unspecified atom stereocenters. The predicted molar refractivity (Wildman–Crippen MR) is 98.6 cm³/mol. The Hall–Kier alpha value is -2.93. The lowest BCUT2D eigenvalue weighted by Crippen LogP contribution is -2.13. The summed E-state index contributed by atoms with van der Waals surface area (Å²) in [6.07, 6.45) is 0.900. The van der Waals surface area contributed by atoms with Gasteiger partial charge in [-0.15, -0.1) is 0 Å². The number of nitro groups is 1.